The molecule has 8 nitrogen and oxygen atoms in total. The lowest BCUT2D eigenvalue weighted by Crippen LogP contribution is -2.50. The molecule has 0 radical (unpaired) electrons. The zero-order valence-corrected chi connectivity index (χ0v) is 12.8. The number of thioether (sulfide) groups is 1. The molecule has 1 aromatic heterocycles. The average molecular weight is 313 g/mol. The number of carboxylic acids is 1. The summed E-state index contributed by atoms with van der Waals surface area (Å²) in [7, 11) is 0. The minimum Gasteiger partial charge on any atom is -0.480 e. The van der Waals surface area contributed by atoms with E-state index in [4.69, 9.17) is 0 Å². The molecule has 21 heavy (non-hydrogen) atoms. The molecule has 2 heterocycles. The van der Waals surface area contributed by atoms with E-state index in [1.165, 1.54) is 16.7 Å². The summed E-state index contributed by atoms with van der Waals surface area (Å²) in [6.07, 6.45) is 2.31. The first-order chi connectivity index (χ1) is 10.1. The smallest absolute Gasteiger partial charge is 0.327 e. The largest absolute Gasteiger partial charge is 0.480 e. The number of amides is 2. The molecular weight excluding hydrogens is 294 g/mol. The van der Waals surface area contributed by atoms with Gasteiger partial charge in [-0.3, -0.25) is 4.90 Å². The Bertz CT molecular complexity index is 521. The standard InChI is InChI=1S/C12H19N5O3S/c1-3-10-17(8(6-21-10)11(18)19)12(20)13-5-9-15-14-7-16(9)4-2/h7-8,10H,3-6H2,1-2H3,(H,13,20)(H,18,19). The molecule has 0 aliphatic carbocycles. The molecular formula is C12H19N5O3S. The molecule has 2 atom stereocenters. The number of hydrogen-bond acceptors (Lipinski definition) is 5. The van der Waals surface area contributed by atoms with Crippen LogP contribution >= 0.6 is 11.8 Å². The van der Waals surface area contributed by atoms with Crippen LogP contribution in [-0.2, 0) is 17.9 Å². The molecule has 0 bridgehead atoms. The van der Waals surface area contributed by atoms with Crippen LogP contribution in [0, 0.1) is 0 Å². The highest BCUT2D eigenvalue weighted by molar-refractivity contribution is 8.00. The van der Waals surface area contributed by atoms with E-state index in [2.05, 4.69) is 15.5 Å². The summed E-state index contributed by atoms with van der Waals surface area (Å²) in [5.74, 6) is 0.106. The average Bonchev–Trinajstić information content (AvgIpc) is 3.10. The first-order valence-electron chi connectivity index (χ1n) is 6.85. The van der Waals surface area contributed by atoms with Crippen LogP contribution in [0.3, 0.4) is 0 Å². The molecule has 1 aromatic rings. The Hall–Kier alpha value is -1.77. The second kappa shape index (κ2) is 6.79. The van der Waals surface area contributed by atoms with Crippen LogP contribution in [0.4, 0.5) is 4.79 Å². The molecule has 1 saturated heterocycles. The van der Waals surface area contributed by atoms with Crippen molar-refractivity contribution in [3.8, 4) is 0 Å². The number of hydrogen-bond donors (Lipinski definition) is 2. The lowest BCUT2D eigenvalue weighted by atomic mass is 10.3. The van der Waals surface area contributed by atoms with Gasteiger partial charge >= 0.3 is 12.0 Å². The normalized spacial score (nSPS) is 21.5. The Morgan fingerprint density at radius 2 is 2.29 bits per heavy atom. The third-order valence-corrected chi connectivity index (χ3v) is 4.85. The van der Waals surface area contributed by atoms with E-state index >= 15 is 0 Å². The fourth-order valence-electron chi connectivity index (χ4n) is 2.27. The van der Waals surface area contributed by atoms with Crippen LogP contribution in [0.1, 0.15) is 26.1 Å². The van der Waals surface area contributed by atoms with Crippen molar-refractivity contribution in [1.29, 1.82) is 0 Å². The number of rotatable bonds is 5. The van der Waals surface area contributed by atoms with E-state index in [0.29, 0.717) is 24.5 Å². The van der Waals surface area contributed by atoms with Crippen molar-refractivity contribution in [3.63, 3.8) is 0 Å². The van der Waals surface area contributed by atoms with E-state index in [1.807, 2.05) is 18.4 Å². The summed E-state index contributed by atoms with van der Waals surface area (Å²) in [5, 5.41) is 19.6. The number of carbonyl (C=O) groups excluding carboxylic acids is 1. The minimum atomic E-state index is -0.967. The molecule has 9 heteroatoms. The van der Waals surface area contributed by atoms with Crippen LogP contribution in [0.2, 0.25) is 0 Å². The van der Waals surface area contributed by atoms with Crippen LogP contribution in [-0.4, -0.2) is 53.9 Å². The molecule has 1 aliphatic rings. The first kappa shape index (κ1) is 15.6. The van der Waals surface area contributed by atoms with Gasteiger partial charge in [0, 0.05) is 12.3 Å². The van der Waals surface area contributed by atoms with E-state index in [0.717, 1.165) is 0 Å². The Morgan fingerprint density at radius 1 is 1.52 bits per heavy atom. The Morgan fingerprint density at radius 3 is 2.90 bits per heavy atom. The number of urea groups is 1. The van der Waals surface area contributed by atoms with Crippen molar-refractivity contribution in [1.82, 2.24) is 25.0 Å². The third kappa shape index (κ3) is 3.29. The molecule has 1 aliphatic heterocycles. The van der Waals surface area contributed by atoms with E-state index in [-0.39, 0.29) is 17.9 Å². The summed E-state index contributed by atoms with van der Waals surface area (Å²) in [6.45, 7) is 4.85. The van der Waals surface area contributed by atoms with Gasteiger partial charge in [0.05, 0.1) is 11.9 Å². The van der Waals surface area contributed by atoms with Gasteiger partial charge < -0.3 is 15.0 Å². The molecule has 1 fully saturated rings. The van der Waals surface area contributed by atoms with Gasteiger partial charge in [0.1, 0.15) is 12.4 Å². The third-order valence-electron chi connectivity index (χ3n) is 3.40. The van der Waals surface area contributed by atoms with Crippen LogP contribution in [0.15, 0.2) is 6.33 Å². The molecule has 116 valence electrons. The number of aromatic nitrogens is 3. The van der Waals surface area contributed by atoms with Crippen LogP contribution < -0.4 is 5.32 Å². The van der Waals surface area contributed by atoms with E-state index < -0.39 is 12.0 Å². The van der Waals surface area contributed by atoms with Gasteiger partial charge in [0.2, 0.25) is 0 Å². The quantitative estimate of drug-likeness (QED) is 0.832. The van der Waals surface area contributed by atoms with E-state index in [9.17, 15) is 14.7 Å². The van der Waals surface area contributed by atoms with Gasteiger partial charge in [-0.1, -0.05) is 6.92 Å². The number of aryl methyl sites for hydroxylation is 1. The summed E-state index contributed by atoms with van der Waals surface area (Å²) >= 11 is 1.50. The lowest BCUT2D eigenvalue weighted by Gasteiger charge is -2.26. The number of carboxylic acid groups (broad SMARTS) is 1. The van der Waals surface area contributed by atoms with Gasteiger partial charge in [-0.25, -0.2) is 9.59 Å². The minimum absolute atomic E-state index is 0.102. The Labute approximate surface area is 126 Å². The highest BCUT2D eigenvalue weighted by Crippen LogP contribution is 2.31. The Kier molecular flexibility index (Phi) is 5.05. The van der Waals surface area contributed by atoms with Crippen molar-refractivity contribution in [2.75, 3.05) is 5.75 Å². The van der Waals surface area contributed by atoms with Crippen molar-refractivity contribution >= 4 is 23.8 Å². The highest BCUT2D eigenvalue weighted by atomic mass is 32.2. The summed E-state index contributed by atoms with van der Waals surface area (Å²) in [6, 6.07) is -1.14. The lowest BCUT2D eigenvalue weighted by molar-refractivity contribution is -0.141. The maximum Gasteiger partial charge on any atom is 0.327 e. The molecule has 2 N–H and O–H groups in total. The number of aliphatic carboxylic acids is 1. The van der Waals surface area contributed by atoms with Crippen molar-refractivity contribution in [2.45, 2.75) is 44.8 Å². The fraction of sp³-hybridized carbons (Fsp3) is 0.667. The van der Waals surface area contributed by atoms with Gasteiger partial charge in [-0.2, -0.15) is 0 Å². The molecule has 2 rings (SSSR count). The predicted octanol–water partition coefficient (Wildman–Crippen LogP) is 0.746. The second-order valence-corrected chi connectivity index (χ2v) is 5.86. The summed E-state index contributed by atoms with van der Waals surface area (Å²) < 4.78 is 1.82. The molecule has 0 aromatic carbocycles. The number of nitrogens with one attached hydrogen (secondary N) is 1. The summed E-state index contributed by atoms with van der Waals surface area (Å²) in [4.78, 5) is 25.0. The highest BCUT2D eigenvalue weighted by Gasteiger charge is 2.40. The van der Waals surface area contributed by atoms with Gasteiger partial charge in [0.25, 0.3) is 0 Å². The van der Waals surface area contributed by atoms with Crippen LogP contribution in [0.5, 0.6) is 0 Å². The fourth-order valence-corrected chi connectivity index (χ4v) is 3.61. The van der Waals surface area contributed by atoms with E-state index in [1.54, 1.807) is 6.33 Å². The zero-order chi connectivity index (χ0) is 15.4. The maximum atomic E-state index is 12.3. The summed E-state index contributed by atoms with van der Waals surface area (Å²) in [5.41, 5.74) is 0. The molecule has 0 spiro atoms. The van der Waals surface area contributed by atoms with Crippen molar-refractivity contribution in [2.24, 2.45) is 0 Å². The predicted molar refractivity (Wildman–Crippen MR) is 77.7 cm³/mol. The SMILES string of the molecule is CCC1SCC(C(=O)O)N1C(=O)NCc1nncn1CC. The van der Waals surface area contributed by atoms with Gasteiger partial charge in [0.15, 0.2) is 5.82 Å². The molecule has 2 amide bonds. The monoisotopic (exact) mass is 313 g/mol. The maximum absolute atomic E-state index is 12.3. The van der Waals surface area contributed by atoms with Crippen molar-refractivity contribution in [3.05, 3.63) is 12.2 Å². The molecule has 0 saturated carbocycles. The van der Waals surface area contributed by atoms with Crippen LogP contribution in [0.25, 0.3) is 0 Å². The second-order valence-electron chi connectivity index (χ2n) is 4.65. The zero-order valence-electron chi connectivity index (χ0n) is 12.0. The Balaban J connectivity index is 2.02. The van der Waals surface area contributed by atoms with Gasteiger partial charge in [-0.05, 0) is 13.3 Å². The topological polar surface area (TPSA) is 100 Å². The molecule has 2 unspecified atom stereocenters. The van der Waals surface area contributed by atoms with Gasteiger partial charge in [-0.15, -0.1) is 22.0 Å². The van der Waals surface area contributed by atoms with Crippen molar-refractivity contribution < 1.29 is 14.7 Å². The number of nitrogens with zero attached hydrogens (tertiary/aromatic N) is 4. The first-order valence-corrected chi connectivity index (χ1v) is 7.90. The number of carbonyl (C=O) groups is 2.